The van der Waals surface area contributed by atoms with Crippen LogP contribution in [0.2, 0.25) is 0 Å². The van der Waals surface area contributed by atoms with E-state index in [1.165, 1.54) is 6.07 Å². The number of alkyl halides is 2. The number of aryl methyl sites for hydroxylation is 2. The van der Waals surface area contributed by atoms with Crippen molar-refractivity contribution in [2.24, 2.45) is 7.05 Å². The molecule has 5 aliphatic heterocycles. The van der Waals surface area contributed by atoms with Crippen LogP contribution in [0.1, 0.15) is 86.2 Å². The number of hydrogen-bond acceptors (Lipinski definition) is 12. The van der Waals surface area contributed by atoms with Gasteiger partial charge in [0.1, 0.15) is 23.8 Å². The van der Waals surface area contributed by atoms with Crippen LogP contribution < -0.4 is 30.7 Å². The molecule has 10 rings (SSSR count). The molecule has 5 aliphatic rings. The Morgan fingerprint density at radius 2 is 1.71 bits per heavy atom. The number of nitrogens with one attached hydrogen (secondary N) is 3. The van der Waals surface area contributed by atoms with Crippen LogP contribution in [0.15, 0.2) is 61.2 Å². The average molecular weight is 1010 g/mol. The number of likely N-dealkylation sites (tertiary alicyclic amines) is 1. The van der Waals surface area contributed by atoms with E-state index >= 15 is 0 Å². The van der Waals surface area contributed by atoms with Crippen molar-refractivity contribution in [3.63, 3.8) is 0 Å². The minimum atomic E-state index is -2.68. The quantitative estimate of drug-likeness (QED) is 0.0897. The van der Waals surface area contributed by atoms with Crippen molar-refractivity contribution >= 4 is 40.8 Å². The molecule has 1 atom stereocenters. The van der Waals surface area contributed by atoms with Crippen LogP contribution in [0.4, 0.5) is 46.8 Å². The van der Waals surface area contributed by atoms with Crippen molar-refractivity contribution in [2.45, 2.75) is 89.3 Å². The first-order valence-corrected chi connectivity index (χ1v) is 26.4. The fourth-order valence-corrected chi connectivity index (χ4v) is 11.6. The minimum absolute atomic E-state index is 0.0332. The van der Waals surface area contributed by atoms with E-state index in [0.717, 1.165) is 162 Å². The van der Waals surface area contributed by atoms with E-state index in [1.54, 1.807) is 60.6 Å². The van der Waals surface area contributed by atoms with Gasteiger partial charge in [-0.05, 0) is 99.4 Å². The predicted octanol–water partition coefficient (Wildman–Crippen LogP) is 6.76. The van der Waals surface area contributed by atoms with Gasteiger partial charge in [-0.25, -0.2) is 27.9 Å². The van der Waals surface area contributed by atoms with Gasteiger partial charge < -0.3 is 35.6 Å². The molecule has 3 aromatic heterocycles. The van der Waals surface area contributed by atoms with E-state index in [9.17, 15) is 22.8 Å². The summed E-state index contributed by atoms with van der Waals surface area (Å²) in [6, 6.07) is 12.6. The summed E-state index contributed by atoms with van der Waals surface area (Å²) < 4.78 is 47.2. The number of rotatable bonds is 16. The lowest BCUT2D eigenvalue weighted by Crippen LogP contribution is -2.47. The van der Waals surface area contributed by atoms with Crippen molar-refractivity contribution in [1.82, 2.24) is 54.9 Å². The molecule has 0 saturated carbocycles. The van der Waals surface area contributed by atoms with Crippen LogP contribution in [-0.2, 0) is 31.2 Å². The summed E-state index contributed by atoms with van der Waals surface area (Å²) in [7, 11) is 3.42. The van der Waals surface area contributed by atoms with Gasteiger partial charge in [-0.3, -0.25) is 24.0 Å². The normalized spacial score (nSPS) is 19.0. The number of carbonyl (C=O) groups is 2. The van der Waals surface area contributed by atoms with Gasteiger partial charge >= 0.3 is 6.03 Å². The van der Waals surface area contributed by atoms with Crippen LogP contribution in [0.25, 0.3) is 11.1 Å². The molecule has 5 aromatic rings. The molecule has 0 aliphatic carbocycles. The average Bonchev–Trinajstić information content (AvgIpc) is 4.02. The van der Waals surface area contributed by atoms with E-state index < -0.39 is 6.43 Å². The first-order valence-electron chi connectivity index (χ1n) is 26.4. The molecule has 8 heterocycles. The number of halogens is 3. The number of fused-ring (bicyclic) bond motifs is 2. The molecule has 3 N–H and O–H groups in total. The number of nitrogens with zero attached hydrogens (tertiary/aromatic N) is 12. The van der Waals surface area contributed by atoms with Crippen molar-refractivity contribution in [2.75, 3.05) is 112 Å². The van der Waals surface area contributed by atoms with E-state index in [-0.39, 0.29) is 35.4 Å². The molecule has 20 heteroatoms. The first-order chi connectivity index (χ1) is 35.6. The van der Waals surface area contributed by atoms with Crippen molar-refractivity contribution < 1.29 is 22.8 Å². The second-order valence-electron chi connectivity index (χ2n) is 20.4. The topological polar surface area (TPSA) is 151 Å². The van der Waals surface area contributed by atoms with Crippen LogP contribution in [-0.4, -0.2) is 154 Å². The van der Waals surface area contributed by atoms with Crippen LogP contribution in [0.5, 0.6) is 0 Å². The third-order valence-electron chi connectivity index (χ3n) is 15.5. The number of carbonyl (C=O) groups excluding carboxylic acids is 2. The SMILES string of the molecule is CNC(=O)N1CCc2c(c(N3CCCc4cc(-c5cnn(C)c5)c(C(F)F)cc43)nn2C2CCN(CC(=O)NCCCCCN3CCN(c4cc(N[C@@H]5CCCN(c6cccc(F)c6)C5)ncn4)CC3)CC2)C1. The molecule has 0 spiro atoms. The molecule has 3 amide bonds. The number of urea groups is 1. The summed E-state index contributed by atoms with van der Waals surface area (Å²) in [5, 5.41) is 19.1. The summed E-state index contributed by atoms with van der Waals surface area (Å²) in [5.41, 5.74) is 5.84. The molecule has 3 saturated heterocycles. The molecule has 0 unspecified atom stereocenters. The Hall–Kier alpha value is -6.41. The van der Waals surface area contributed by atoms with E-state index in [1.807, 2.05) is 18.2 Å². The Morgan fingerprint density at radius 1 is 0.863 bits per heavy atom. The number of aromatic nitrogens is 6. The van der Waals surface area contributed by atoms with Gasteiger partial charge in [0.15, 0.2) is 5.82 Å². The minimum Gasteiger partial charge on any atom is -0.369 e. The number of piperazine rings is 1. The highest BCUT2D eigenvalue weighted by Gasteiger charge is 2.35. The maximum Gasteiger partial charge on any atom is 0.317 e. The van der Waals surface area contributed by atoms with Crippen molar-refractivity contribution in [1.29, 1.82) is 0 Å². The third kappa shape index (κ3) is 11.7. The monoisotopic (exact) mass is 1010 g/mol. The number of piperidine rings is 2. The van der Waals surface area contributed by atoms with Gasteiger partial charge in [0.25, 0.3) is 6.43 Å². The molecule has 390 valence electrons. The third-order valence-corrected chi connectivity index (χ3v) is 15.5. The van der Waals surface area contributed by atoms with Crippen LogP contribution in [0.3, 0.4) is 0 Å². The second-order valence-corrected chi connectivity index (χ2v) is 20.4. The molecular weight excluding hydrogens is 936 g/mol. The van der Waals surface area contributed by atoms with Gasteiger partial charge in [-0.1, -0.05) is 12.5 Å². The number of anilines is 5. The second kappa shape index (κ2) is 22.8. The van der Waals surface area contributed by atoms with Gasteiger partial charge in [-0.2, -0.15) is 10.2 Å². The Morgan fingerprint density at radius 3 is 2.49 bits per heavy atom. The number of benzene rings is 2. The lowest BCUT2D eigenvalue weighted by Gasteiger charge is -2.36. The molecule has 2 aromatic carbocycles. The molecule has 3 fully saturated rings. The smallest absolute Gasteiger partial charge is 0.317 e. The Labute approximate surface area is 426 Å². The van der Waals surface area contributed by atoms with E-state index in [2.05, 4.69) is 60.2 Å². The maximum atomic E-state index is 14.8. The molecule has 73 heavy (non-hydrogen) atoms. The Kier molecular flexibility index (Phi) is 15.6. The lowest BCUT2D eigenvalue weighted by molar-refractivity contribution is -0.122. The number of unbranched alkanes of at least 4 members (excludes halogenated alkanes) is 2. The highest BCUT2D eigenvalue weighted by atomic mass is 19.3. The van der Waals surface area contributed by atoms with E-state index in [4.69, 9.17) is 5.10 Å². The number of amides is 3. The van der Waals surface area contributed by atoms with Gasteiger partial charge in [0.05, 0.1) is 25.3 Å². The summed E-state index contributed by atoms with van der Waals surface area (Å²) >= 11 is 0. The molecule has 0 bridgehead atoms. The number of hydrogen-bond donors (Lipinski definition) is 3. The highest BCUT2D eigenvalue weighted by molar-refractivity contribution is 5.79. The summed E-state index contributed by atoms with van der Waals surface area (Å²) in [5.74, 6) is 2.33. The largest absolute Gasteiger partial charge is 0.369 e. The van der Waals surface area contributed by atoms with Gasteiger partial charge in [0, 0.05) is 145 Å². The van der Waals surface area contributed by atoms with Crippen LogP contribution in [0, 0.1) is 5.82 Å². The fraction of sp³-hybridized carbons (Fsp3) is 0.547. The van der Waals surface area contributed by atoms with E-state index in [0.29, 0.717) is 50.3 Å². The lowest BCUT2D eigenvalue weighted by atomic mass is 9.92. The molecule has 17 nitrogen and oxygen atoms in total. The standard InChI is InChI=1S/C53H70F3N15O2/c1-57-53(73)69-22-15-46-45(34-69)52(70-19-7-9-37-27-43(38-31-61-64(2)32-38)44(51(55)56)29-47(37)70)63-71(46)41-13-20-66(21-14-41)35-50(72)58-16-4-3-5-17-65-23-25-67(26-24-65)49-30-48(59-36-60-49)62-40-11-8-18-68(33-40)42-12-6-10-39(54)28-42/h6,10,12,27-32,36,40-41,51H,3-5,7-9,11,13-26,33-35H2,1-2H3,(H,57,73)(H,58,72)(H,59,60,62)/t40-/m1/s1. The molecule has 0 radical (unpaired) electrons. The maximum absolute atomic E-state index is 14.8. The summed E-state index contributed by atoms with van der Waals surface area (Å²) in [6.45, 7) is 10.6. The fourth-order valence-electron chi connectivity index (χ4n) is 11.6. The zero-order chi connectivity index (χ0) is 50.4. The zero-order valence-corrected chi connectivity index (χ0v) is 42.3. The predicted molar refractivity (Wildman–Crippen MR) is 277 cm³/mol. The summed E-state index contributed by atoms with van der Waals surface area (Å²) in [4.78, 5) is 48.4. The van der Waals surface area contributed by atoms with Crippen LogP contribution >= 0.6 is 0 Å². The molecular formula is C53H70F3N15O2. The van der Waals surface area contributed by atoms with Gasteiger partial charge in [0.2, 0.25) is 5.91 Å². The Bertz CT molecular complexity index is 2700. The first kappa shape index (κ1) is 50.1. The van der Waals surface area contributed by atoms with Crippen molar-refractivity contribution in [3.05, 3.63) is 89.4 Å². The van der Waals surface area contributed by atoms with Crippen molar-refractivity contribution in [3.8, 4) is 11.1 Å². The zero-order valence-electron chi connectivity index (χ0n) is 42.3. The Balaban J connectivity index is 0.665. The highest BCUT2D eigenvalue weighted by Crippen LogP contribution is 2.44. The summed E-state index contributed by atoms with van der Waals surface area (Å²) in [6.07, 6.45) is 11.4. The van der Waals surface area contributed by atoms with Gasteiger partial charge in [-0.15, -0.1) is 0 Å².